The van der Waals surface area contributed by atoms with Gasteiger partial charge in [-0.2, -0.15) is 0 Å². The zero-order valence-electron chi connectivity index (χ0n) is 14.2. The summed E-state index contributed by atoms with van der Waals surface area (Å²) in [6, 6.07) is 9.00. The van der Waals surface area contributed by atoms with Crippen LogP contribution >= 0.6 is 0 Å². The fourth-order valence-electron chi connectivity index (χ4n) is 4.36. The summed E-state index contributed by atoms with van der Waals surface area (Å²) >= 11 is 0. The highest BCUT2D eigenvalue weighted by molar-refractivity contribution is 5.79. The van der Waals surface area contributed by atoms with Crippen molar-refractivity contribution in [3.05, 3.63) is 29.8 Å². The molecule has 5 heteroatoms. The molecule has 1 aromatic carbocycles. The van der Waals surface area contributed by atoms with Crippen molar-refractivity contribution in [2.45, 2.75) is 50.2 Å². The number of fused-ring (bicyclic) bond motifs is 1. The number of anilines is 1. The minimum absolute atomic E-state index is 0.109. The van der Waals surface area contributed by atoms with Gasteiger partial charge in [-0.15, -0.1) is 0 Å². The lowest BCUT2D eigenvalue weighted by Gasteiger charge is -2.46. The summed E-state index contributed by atoms with van der Waals surface area (Å²) in [6.45, 7) is 4.52. The molecule has 2 fully saturated rings. The Morgan fingerprint density at radius 3 is 2.67 bits per heavy atom. The van der Waals surface area contributed by atoms with Gasteiger partial charge >= 0.3 is 0 Å². The first kappa shape index (κ1) is 15.9. The van der Waals surface area contributed by atoms with E-state index in [1.807, 2.05) is 6.07 Å². The number of ether oxygens (including phenoxy) is 1. The van der Waals surface area contributed by atoms with Crippen LogP contribution in [0, 0.1) is 0 Å². The Hall–Kier alpha value is -1.59. The van der Waals surface area contributed by atoms with Gasteiger partial charge in [0.1, 0.15) is 0 Å². The van der Waals surface area contributed by atoms with Crippen molar-refractivity contribution in [3.63, 3.8) is 0 Å². The van der Waals surface area contributed by atoms with Gasteiger partial charge in [-0.25, -0.2) is 0 Å². The van der Waals surface area contributed by atoms with Gasteiger partial charge in [0.2, 0.25) is 5.91 Å². The van der Waals surface area contributed by atoms with Crippen LogP contribution in [0.25, 0.3) is 0 Å². The number of hydrogen-bond acceptors (Lipinski definition) is 4. The van der Waals surface area contributed by atoms with Gasteiger partial charge in [0, 0.05) is 56.5 Å². The van der Waals surface area contributed by atoms with E-state index in [-0.39, 0.29) is 11.4 Å². The molecule has 0 aliphatic carbocycles. The molecule has 1 spiro atoms. The van der Waals surface area contributed by atoms with Gasteiger partial charge in [-0.3, -0.25) is 4.79 Å². The molecule has 0 unspecified atom stereocenters. The molecular formula is C19H27N3O2. The number of carbonyl (C=O) groups is 1. The molecule has 5 nitrogen and oxygen atoms in total. The molecule has 2 saturated heterocycles. The SMILES string of the molecule is O=C1CC2(CCN(C3CCOCC3)CC2)Nc2ccccc2CN1. The quantitative estimate of drug-likeness (QED) is 0.829. The Bertz CT molecular complexity index is 590. The number of amides is 1. The first-order chi connectivity index (χ1) is 11.7. The highest BCUT2D eigenvalue weighted by atomic mass is 16.5. The van der Waals surface area contributed by atoms with Crippen LogP contribution in [-0.2, 0) is 16.1 Å². The number of carbonyl (C=O) groups excluding carboxylic acids is 1. The van der Waals surface area contributed by atoms with E-state index in [1.165, 1.54) is 11.3 Å². The number of likely N-dealkylation sites (tertiary alicyclic amines) is 1. The molecule has 3 heterocycles. The zero-order valence-corrected chi connectivity index (χ0v) is 14.2. The summed E-state index contributed by atoms with van der Waals surface area (Å²) in [5.74, 6) is 0.163. The summed E-state index contributed by atoms with van der Waals surface area (Å²) in [7, 11) is 0. The molecular weight excluding hydrogens is 302 g/mol. The molecule has 1 aromatic rings. The third kappa shape index (κ3) is 3.28. The molecule has 0 radical (unpaired) electrons. The van der Waals surface area contributed by atoms with Gasteiger partial charge < -0.3 is 20.3 Å². The minimum Gasteiger partial charge on any atom is -0.381 e. The Morgan fingerprint density at radius 1 is 1.12 bits per heavy atom. The number of rotatable bonds is 1. The van der Waals surface area contributed by atoms with Crippen molar-refractivity contribution in [2.24, 2.45) is 0 Å². The van der Waals surface area contributed by atoms with Gasteiger partial charge in [0.15, 0.2) is 0 Å². The third-order valence-corrected chi connectivity index (χ3v) is 5.85. The molecule has 1 amide bonds. The topological polar surface area (TPSA) is 53.6 Å². The summed E-state index contributed by atoms with van der Waals surface area (Å²) in [6.07, 6.45) is 4.90. The lowest BCUT2D eigenvalue weighted by Crippen LogP contribution is -2.55. The summed E-state index contributed by atoms with van der Waals surface area (Å²) in [5, 5.41) is 6.83. The van der Waals surface area contributed by atoms with Crippen LogP contribution in [-0.4, -0.2) is 48.7 Å². The average molecular weight is 329 g/mol. The number of piperidine rings is 1. The van der Waals surface area contributed by atoms with E-state index >= 15 is 0 Å². The predicted octanol–water partition coefficient (Wildman–Crippen LogP) is 2.13. The average Bonchev–Trinajstić information content (AvgIpc) is 2.61. The summed E-state index contributed by atoms with van der Waals surface area (Å²) < 4.78 is 5.49. The largest absolute Gasteiger partial charge is 0.381 e. The molecule has 3 aliphatic rings. The number of nitrogens with one attached hydrogen (secondary N) is 2. The van der Waals surface area contributed by atoms with Gasteiger partial charge in [-0.1, -0.05) is 18.2 Å². The minimum atomic E-state index is -0.109. The van der Waals surface area contributed by atoms with Crippen molar-refractivity contribution in [1.82, 2.24) is 10.2 Å². The second kappa shape index (κ2) is 6.73. The van der Waals surface area contributed by atoms with Crippen LogP contribution in [0.1, 0.15) is 37.7 Å². The number of para-hydroxylation sites is 1. The molecule has 24 heavy (non-hydrogen) atoms. The van der Waals surface area contributed by atoms with Crippen molar-refractivity contribution in [3.8, 4) is 0 Å². The van der Waals surface area contributed by atoms with Crippen molar-refractivity contribution >= 4 is 11.6 Å². The molecule has 0 saturated carbocycles. The van der Waals surface area contributed by atoms with Crippen LogP contribution < -0.4 is 10.6 Å². The van der Waals surface area contributed by atoms with Gasteiger partial charge in [-0.05, 0) is 37.3 Å². The van der Waals surface area contributed by atoms with E-state index < -0.39 is 0 Å². The van der Waals surface area contributed by atoms with Crippen molar-refractivity contribution in [1.29, 1.82) is 0 Å². The molecule has 2 N–H and O–H groups in total. The molecule has 4 rings (SSSR count). The highest BCUT2D eigenvalue weighted by Crippen LogP contribution is 2.34. The first-order valence-corrected chi connectivity index (χ1v) is 9.19. The Morgan fingerprint density at radius 2 is 1.88 bits per heavy atom. The van der Waals surface area contributed by atoms with E-state index in [0.717, 1.165) is 52.0 Å². The van der Waals surface area contributed by atoms with E-state index in [0.29, 0.717) is 19.0 Å². The second-order valence-corrected chi connectivity index (χ2v) is 7.40. The third-order valence-electron chi connectivity index (χ3n) is 5.85. The van der Waals surface area contributed by atoms with Crippen molar-refractivity contribution < 1.29 is 9.53 Å². The van der Waals surface area contributed by atoms with E-state index in [9.17, 15) is 4.79 Å². The van der Waals surface area contributed by atoms with Crippen LogP contribution in [0.3, 0.4) is 0 Å². The number of benzene rings is 1. The maximum absolute atomic E-state index is 12.3. The monoisotopic (exact) mass is 329 g/mol. The van der Waals surface area contributed by atoms with Crippen molar-refractivity contribution in [2.75, 3.05) is 31.6 Å². The smallest absolute Gasteiger partial charge is 0.222 e. The fraction of sp³-hybridized carbons (Fsp3) is 0.632. The number of hydrogen-bond donors (Lipinski definition) is 2. The maximum Gasteiger partial charge on any atom is 0.222 e. The first-order valence-electron chi connectivity index (χ1n) is 9.19. The zero-order chi connectivity index (χ0) is 16.4. The predicted molar refractivity (Wildman–Crippen MR) is 93.9 cm³/mol. The Labute approximate surface area is 143 Å². The van der Waals surface area contributed by atoms with Crippen LogP contribution in [0.5, 0.6) is 0 Å². The molecule has 0 atom stereocenters. The Balaban J connectivity index is 1.49. The standard InChI is InChI=1S/C19H27N3O2/c23-18-13-19(21-17-4-2-1-3-15(17)14-20-18)7-9-22(10-8-19)16-5-11-24-12-6-16/h1-4,16,21H,5-14H2,(H,20,23). The van der Waals surface area contributed by atoms with E-state index in [1.54, 1.807) is 0 Å². The molecule has 3 aliphatic heterocycles. The molecule has 130 valence electrons. The van der Waals surface area contributed by atoms with Crippen LogP contribution in [0.4, 0.5) is 5.69 Å². The summed E-state index contributed by atoms with van der Waals surface area (Å²) in [4.78, 5) is 14.9. The lowest BCUT2D eigenvalue weighted by atomic mass is 9.82. The van der Waals surface area contributed by atoms with Crippen LogP contribution in [0.15, 0.2) is 24.3 Å². The van der Waals surface area contributed by atoms with Crippen LogP contribution in [0.2, 0.25) is 0 Å². The van der Waals surface area contributed by atoms with Gasteiger partial charge in [0.05, 0.1) is 0 Å². The molecule has 0 bridgehead atoms. The fourth-order valence-corrected chi connectivity index (χ4v) is 4.36. The van der Waals surface area contributed by atoms with Gasteiger partial charge in [0.25, 0.3) is 0 Å². The normalized spacial score (nSPS) is 25.2. The second-order valence-electron chi connectivity index (χ2n) is 7.40. The van der Waals surface area contributed by atoms with E-state index in [4.69, 9.17) is 4.74 Å². The van der Waals surface area contributed by atoms with E-state index in [2.05, 4.69) is 33.7 Å². The molecule has 0 aromatic heterocycles. The highest BCUT2D eigenvalue weighted by Gasteiger charge is 2.39. The summed E-state index contributed by atoms with van der Waals surface area (Å²) in [5.41, 5.74) is 2.25. The maximum atomic E-state index is 12.3. The Kier molecular flexibility index (Phi) is 4.46. The number of nitrogens with zero attached hydrogens (tertiary/aromatic N) is 1. The lowest BCUT2D eigenvalue weighted by molar-refractivity contribution is -0.122.